The highest BCUT2D eigenvalue weighted by Gasteiger charge is 2.16. The van der Waals surface area contributed by atoms with Crippen LogP contribution in [-0.2, 0) is 29.1 Å². The molecule has 0 aliphatic rings. The Labute approximate surface area is 209 Å². The molecule has 176 valence electrons. The van der Waals surface area contributed by atoms with Crippen molar-refractivity contribution in [2.24, 2.45) is 0 Å². The number of fused-ring (bicyclic) bond motifs is 1. The SMILES string of the molecule is O=C(COCc1ccccc1)N(CCc1csc2nc(-c3ccccc3)cn12)Cc1ccccc1. The van der Waals surface area contributed by atoms with Crippen LogP contribution in [0.25, 0.3) is 16.2 Å². The van der Waals surface area contributed by atoms with E-state index >= 15 is 0 Å². The maximum atomic E-state index is 13.1. The minimum Gasteiger partial charge on any atom is -0.367 e. The standard InChI is InChI=1S/C29H27N3O2S/c33-28(21-34-20-24-12-6-2-7-13-24)31(18-23-10-4-1-5-11-23)17-16-26-22-35-29-30-27(19-32(26)29)25-14-8-3-9-15-25/h1-15,19,22H,16-18,20-21H2. The molecule has 0 saturated heterocycles. The highest BCUT2D eigenvalue weighted by Crippen LogP contribution is 2.24. The van der Waals surface area contributed by atoms with Gasteiger partial charge < -0.3 is 9.64 Å². The maximum Gasteiger partial charge on any atom is 0.248 e. The Kier molecular flexibility index (Phi) is 7.32. The average molecular weight is 482 g/mol. The lowest BCUT2D eigenvalue weighted by molar-refractivity contribution is -0.137. The summed E-state index contributed by atoms with van der Waals surface area (Å²) in [6, 6.07) is 30.2. The van der Waals surface area contributed by atoms with Crippen molar-refractivity contribution in [2.75, 3.05) is 13.2 Å². The number of imidazole rings is 1. The Morgan fingerprint density at radius 2 is 1.54 bits per heavy atom. The number of thiazole rings is 1. The molecular weight excluding hydrogens is 454 g/mol. The molecule has 5 nitrogen and oxygen atoms in total. The van der Waals surface area contributed by atoms with Crippen LogP contribution in [-0.4, -0.2) is 33.3 Å². The first-order valence-corrected chi connectivity index (χ1v) is 12.6. The highest BCUT2D eigenvalue weighted by atomic mass is 32.1. The van der Waals surface area contributed by atoms with Gasteiger partial charge in [0.15, 0.2) is 4.96 Å². The fourth-order valence-electron chi connectivity index (χ4n) is 4.02. The van der Waals surface area contributed by atoms with E-state index in [4.69, 9.17) is 9.72 Å². The molecule has 35 heavy (non-hydrogen) atoms. The van der Waals surface area contributed by atoms with E-state index in [1.54, 1.807) is 11.3 Å². The van der Waals surface area contributed by atoms with Crippen LogP contribution in [0.4, 0.5) is 0 Å². The summed E-state index contributed by atoms with van der Waals surface area (Å²) in [5.41, 5.74) is 5.38. The summed E-state index contributed by atoms with van der Waals surface area (Å²) in [6.07, 6.45) is 2.82. The van der Waals surface area contributed by atoms with Gasteiger partial charge >= 0.3 is 0 Å². The quantitative estimate of drug-likeness (QED) is 0.251. The number of aromatic nitrogens is 2. The Bertz CT molecular complexity index is 1360. The number of carbonyl (C=O) groups is 1. The molecule has 0 bridgehead atoms. The number of carbonyl (C=O) groups excluding carboxylic acids is 1. The predicted octanol–water partition coefficient (Wildman–Crippen LogP) is 5.85. The van der Waals surface area contributed by atoms with Gasteiger partial charge in [0.2, 0.25) is 5.91 Å². The second kappa shape index (κ2) is 11.1. The average Bonchev–Trinajstić information content (AvgIpc) is 3.50. The second-order valence-electron chi connectivity index (χ2n) is 8.40. The van der Waals surface area contributed by atoms with Gasteiger partial charge in [-0.1, -0.05) is 91.0 Å². The van der Waals surface area contributed by atoms with Crippen molar-refractivity contribution >= 4 is 22.2 Å². The van der Waals surface area contributed by atoms with Gasteiger partial charge in [-0.15, -0.1) is 11.3 Å². The molecular formula is C29H27N3O2S. The Morgan fingerprint density at radius 3 is 2.26 bits per heavy atom. The molecule has 2 aromatic heterocycles. The zero-order chi connectivity index (χ0) is 23.9. The van der Waals surface area contributed by atoms with Gasteiger partial charge in [0.1, 0.15) is 6.61 Å². The van der Waals surface area contributed by atoms with Crippen LogP contribution in [0.5, 0.6) is 0 Å². The van der Waals surface area contributed by atoms with Crippen LogP contribution < -0.4 is 0 Å². The van der Waals surface area contributed by atoms with Crippen molar-refractivity contribution in [2.45, 2.75) is 19.6 Å². The Hall–Kier alpha value is -3.74. The molecule has 0 atom stereocenters. The Balaban J connectivity index is 1.27. The smallest absolute Gasteiger partial charge is 0.248 e. The van der Waals surface area contributed by atoms with Crippen molar-refractivity contribution in [1.82, 2.24) is 14.3 Å². The molecule has 5 aromatic rings. The molecule has 0 N–H and O–H groups in total. The number of hydrogen-bond acceptors (Lipinski definition) is 4. The van der Waals surface area contributed by atoms with Crippen LogP contribution in [0.15, 0.2) is 103 Å². The molecule has 0 radical (unpaired) electrons. The van der Waals surface area contributed by atoms with E-state index < -0.39 is 0 Å². The van der Waals surface area contributed by atoms with Crippen molar-refractivity contribution in [3.05, 3.63) is 119 Å². The lowest BCUT2D eigenvalue weighted by atomic mass is 10.2. The zero-order valence-electron chi connectivity index (χ0n) is 19.4. The van der Waals surface area contributed by atoms with E-state index in [1.165, 1.54) is 0 Å². The van der Waals surface area contributed by atoms with Crippen LogP contribution >= 0.6 is 11.3 Å². The largest absolute Gasteiger partial charge is 0.367 e. The summed E-state index contributed by atoms with van der Waals surface area (Å²) in [7, 11) is 0. The van der Waals surface area contributed by atoms with Crippen molar-refractivity contribution in [3.8, 4) is 11.3 Å². The maximum absolute atomic E-state index is 13.1. The minimum atomic E-state index is -0.00753. The van der Waals surface area contributed by atoms with Gasteiger partial charge in [0.05, 0.1) is 12.3 Å². The van der Waals surface area contributed by atoms with Crippen LogP contribution in [0.2, 0.25) is 0 Å². The third kappa shape index (κ3) is 5.85. The third-order valence-electron chi connectivity index (χ3n) is 5.90. The second-order valence-corrected chi connectivity index (χ2v) is 9.24. The van der Waals surface area contributed by atoms with E-state index in [0.29, 0.717) is 19.7 Å². The summed E-state index contributed by atoms with van der Waals surface area (Å²) in [5.74, 6) is -0.00753. The topological polar surface area (TPSA) is 46.8 Å². The van der Waals surface area contributed by atoms with E-state index in [2.05, 4.69) is 40.2 Å². The van der Waals surface area contributed by atoms with Crippen molar-refractivity contribution < 1.29 is 9.53 Å². The van der Waals surface area contributed by atoms with Gasteiger partial charge in [0.25, 0.3) is 0 Å². The molecule has 5 rings (SSSR count). The van der Waals surface area contributed by atoms with Gasteiger partial charge in [-0.3, -0.25) is 9.20 Å². The number of nitrogens with zero attached hydrogens (tertiary/aromatic N) is 3. The molecule has 3 aromatic carbocycles. The van der Waals surface area contributed by atoms with Gasteiger partial charge in [0, 0.05) is 42.3 Å². The summed E-state index contributed by atoms with van der Waals surface area (Å²) in [6.45, 7) is 1.65. The van der Waals surface area contributed by atoms with E-state index in [1.807, 2.05) is 71.6 Å². The first-order chi connectivity index (χ1) is 17.3. The first-order valence-electron chi connectivity index (χ1n) is 11.7. The molecule has 0 saturated carbocycles. The fraction of sp³-hybridized carbons (Fsp3) is 0.172. The van der Waals surface area contributed by atoms with Crippen LogP contribution in [0.3, 0.4) is 0 Å². The summed E-state index contributed by atoms with van der Waals surface area (Å²) < 4.78 is 7.90. The molecule has 2 heterocycles. The van der Waals surface area contributed by atoms with E-state index in [0.717, 1.165) is 39.5 Å². The van der Waals surface area contributed by atoms with E-state index in [9.17, 15) is 4.79 Å². The van der Waals surface area contributed by atoms with Crippen molar-refractivity contribution in [3.63, 3.8) is 0 Å². The molecule has 0 spiro atoms. The van der Waals surface area contributed by atoms with Crippen molar-refractivity contribution in [1.29, 1.82) is 0 Å². The molecule has 0 aliphatic heterocycles. The number of hydrogen-bond donors (Lipinski definition) is 0. The lowest BCUT2D eigenvalue weighted by Gasteiger charge is -2.23. The number of rotatable bonds is 10. The molecule has 0 fully saturated rings. The minimum absolute atomic E-state index is 0.00753. The molecule has 0 aliphatic carbocycles. The van der Waals surface area contributed by atoms with Crippen LogP contribution in [0, 0.1) is 0 Å². The predicted molar refractivity (Wildman–Crippen MR) is 140 cm³/mol. The zero-order valence-corrected chi connectivity index (χ0v) is 20.2. The number of benzene rings is 3. The molecule has 0 unspecified atom stereocenters. The molecule has 1 amide bonds. The lowest BCUT2D eigenvalue weighted by Crippen LogP contribution is -2.35. The van der Waals surface area contributed by atoms with Crippen LogP contribution in [0.1, 0.15) is 16.8 Å². The normalized spacial score (nSPS) is 11.1. The fourth-order valence-corrected chi connectivity index (χ4v) is 4.93. The summed E-state index contributed by atoms with van der Waals surface area (Å²) in [5, 5.41) is 2.13. The number of ether oxygens (including phenoxy) is 1. The third-order valence-corrected chi connectivity index (χ3v) is 6.79. The van der Waals surface area contributed by atoms with Gasteiger partial charge in [-0.25, -0.2) is 4.98 Å². The first kappa shape index (κ1) is 23.0. The summed E-state index contributed by atoms with van der Waals surface area (Å²) in [4.78, 5) is 20.8. The molecule has 6 heteroatoms. The van der Waals surface area contributed by atoms with Gasteiger partial charge in [-0.05, 0) is 11.1 Å². The summed E-state index contributed by atoms with van der Waals surface area (Å²) >= 11 is 1.63. The van der Waals surface area contributed by atoms with E-state index in [-0.39, 0.29) is 12.5 Å². The highest BCUT2D eigenvalue weighted by molar-refractivity contribution is 7.15. The van der Waals surface area contributed by atoms with Gasteiger partial charge in [-0.2, -0.15) is 0 Å². The monoisotopic (exact) mass is 481 g/mol. The Morgan fingerprint density at radius 1 is 0.886 bits per heavy atom. The number of amides is 1.